The van der Waals surface area contributed by atoms with Crippen LogP contribution in [0.1, 0.15) is 30.7 Å². The third-order valence-electron chi connectivity index (χ3n) is 2.70. The van der Waals surface area contributed by atoms with Gasteiger partial charge in [-0.15, -0.1) is 0 Å². The number of nitrogens with one attached hydrogen (secondary N) is 1. The van der Waals surface area contributed by atoms with Gasteiger partial charge < -0.3 is 4.98 Å². The van der Waals surface area contributed by atoms with Gasteiger partial charge in [-0.25, -0.2) is 4.98 Å². The highest BCUT2D eigenvalue weighted by Crippen LogP contribution is 2.19. The molecule has 3 nitrogen and oxygen atoms in total. The average Bonchev–Trinajstić information content (AvgIpc) is 2.89. The van der Waals surface area contributed by atoms with E-state index in [1.807, 2.05) is 42.5 Å². The molecule has 0 unspecified atom stereocenters. The first-order chi connectivity index (χ1) is 8.75. The lowest BCUT2D eigenvalue weighted by Gasteiger charge is -2.07. The second kappa shape index (κ2) is 5.96. The molecule has 1 heterocycles. The number of allylic oxidation sites excluding steroid dienone is 1. The second-order valence-corrected chi connectivity index (χ2v) is 4.26. The predicted molar refractivity (Wildman–Crippen MR) is 72.1 cm³/mol. The molecule has 2 rings (SSSR count). The van der Waals surface area contributed by atoms with Crippen LogP contribution >= 0.6 is 0 Å². The van der Waals surface area contributed by atoms with Gasteiger partial charge in [-0.3, -0.25) is 4.79 Å². The number of ketones is 1. The fourth-order valence-electron chi connectivity index (χ4n) is 1.84. The highest BCUT2D eigenvalue weighted by Gasteiger charge is 2.12. The molecule has 2 aromatic rings. The van der Waals surface area contributed by atoms with E-state index >= 15 is 0 Å². The monoisotopic (exact) mass is 240 g/mol. The maximum Gasteiger partial charge on any atom is 0.130 e. The van der Waals surface area contributed by atoms with Crippen LogP contribution in [0.15, 0.2) is 48.8 Å². The number of nitrogens with zero attached hydrogens (tertiary/aromatic N) is 1. The Kier molecular flexibility index (Phi) is 4.07. The fourth-order valence-corrected chi connectivity index (χ4v) is 1.84. The van der Waals surface area contributed by atoms with Gasteiger partial charge in [0.15, 0.2) is 0 Å². The summed E-state index contributed by atoms with van der Waals surface area (Å²) in [5.41, 5.74) is 1.12. The normalized spacial score (nSPS) is 12.7. The molecule has 18 heavy (non-hydrogen) atoms. The largest absolute Gasteiger partial charge is 0.348 e. The molecule has 1 aromatic heterocycles. The van der Waals surface area contributed by atoms with Gasteiger partial charge in [-0.2, -0.15) is 0 Å². The summed E-state index contributed by atoms with van der Waals surface area (Å²) in [5, 5.41) is 0. The van der Waals surface area contributed by atoms with Gasteiger partial charge in [0, 0.05) is 24.7 Å². The average molecular weight is 240 g/mol. The Morgan fingerprint density at radius 1 is 1.39 bits per heavy atom. The Labute approximate surface area is 107 Å². The highest BCUT2D eigenvalue weighted by atomic mass is 16.1. The Morgan fingerprint density at radius 2 is 2.17 bits per heavy atom. The van der Waals surface area contributed by atoms with Crippen molar-refractivity contribution in [2.45, 2.75) is 19.3 Å². The Hall–Kier alpha value is -2.16. The maximum atomic E-state index is 11.3. The van der Waals surface area contributed by atoms with Gasteiger partial charge in [-0.05, 0) is 12.5 Å². The summed E-state index contributed by atoms with van der Waals surface area (Å²) >= 11 is 0. The lowest BCUT2D eigenvalue weighted by molar-refractivity contribution is -0.117. The molecule has 3 heteroatoms. The van der Waals surface area contributed by atoms with Crippen molar-refractivity contribution in [1.82, 2.24) is 9.97 Å². The van der Waals surface area contributed by atoms with Crippen LogP contribution in [0.3, 0.4) is 0 Å². The van der Waals surface area contributed by atoms with Gasteiger partial charge in [0.05, 0.1) is 0 Å². The van der Waals surface area contributed by atoms with Gasteiger partial charge in [0.2, 0.25) is 0 Å². The maximum absolute atomic E-state index is 11.3. The SMILES string of the molecule is CC(=O)C[C@@H](/C=C/c1ccccc1)c1ncc[nH]1. The van der Waals surface area contributed by atoms with E-state index in [0.29, 0.717) is 6.42 Å². The molecule has 0 saturated heterocycles. The lowest BCUT2D eigenvalue weighted by Crippen LogP contribution is -2.03. The molecule has 0 aliphatic heterocycles. The van der Waals surface area contributed by atoms with E-state index in [0.717, 1.165) is 11.4 Å². The van der Waals surface area contributed by atoms with Crippen molar-refractivity contribution in [3.63, 3.8) is 0 Å². The summed E-state index contributed by atoms with van der Waals surface area (Å²) in [6.07, 6.45) is 8.00. The molecule has 0 bridgehead atoms. The number of aromatic amines is 1. The molecule has 0 spiro atoms. The van der Waals surface area contributed by atoms with Crippen LogP contribution in [0.4, 0.5) is 0 Å². The summed E-state index contributed by atoms with van der Waals surface area (Å²) in [6, 6.07) is 10.0. The summed E-state index contributed by atoms with van der Waals surface area (Å²) in [5.74, 6) is 1.00. The van der Waals surface area contributed by atoms with Crippen LogP contribution in [0.2, 0.25) is 0 Å². The Bertz CT molecular complexity index is 515. The molecule has 0 saturated carbocycles. The first kappa shape index (κ1) is 12.3. The van der Waals surface area contributed by atoms with Gasteiger partial charge >= 0.3 is 0 Å². The first-order valence-corrected chi connectivity index (χ1v) is 5.97. The number of Topliss-reactive ketones (excluding diaryl/α,β-unsaturated/α-hetero) is 1. The Morgan fingerprint density at radius 3 is 2.78 bits per heavy atom. The minimum atomic E-state index is 0.0118. The molecule has 0 fully saturated rings. The van der Waals surface area contributed by atoms with Crippen molar-refractivity contribution in [2.75, 3.05) is 0 Å². The van der Waals surface area contributed by atoms with Crippen LogP contribution in [-0.4, -0.2) is 15.8 Å². The van der Waals surface area contributed by atoms with E-state index in [2.05, 4.69) is 9.97 Å². The number of hydrogen-bond acceptors (Lipinski definition) is 2. The third-order valence-corrected chi connectivity index (χ3v) is 2.70. The van der Waals surface area contributed by atoms with Crippen molar-refractivity contribution in [3.8, 4) is 0 Å². The van der Waals surface area contributed by atoms with Crippen molar-refractivity contribution in [1.29, 1.82) is 0 Å². The summed E-state index contributed by atoms with van der Waals surface area (Å²) in [4.78, 5) is 18.6. The highest BCUT2D eigenvalue weighted by molar-refractivity contribution is 5.76. The minimum absolute atomic E-state index is 0.0118. The molecule has 0 aliphatic carbocycles. The number of carbonyl (C=O) groups excluding carboxylic acids is 1. The Balaban J connectivity index is 2.15. The standard InChI is InChI=1S/C15H16N2O/c1-12(18)11-14(15-16-9-10-17-15)8-7-13-5-3-2-4-6-13/h2-10,14H,11H2,1H3,(H,16,17)/b8-7+/t14-/m1/s1. The van der Waals surface area contributed by atoms with Crippen molar-refractivity contribution < 1.29 is 4.79 Å². The first-order valence-electron chi connectivity index (χ1n) is 5.97. The van der Waals surface area contributed by atoms with E-state index in [1.165, 1.54) is 0 Å². The van der Waals surface area contributed by atoms with E-state index in [9.17, 15) is 4.79 Å². The number of hydrogen-bond donors (Lipinski definition) is 1. The molecule has 0 amide bonds. The molecule has 0 aliphatic rings. The zero-order chi connectivity index (χ0) is 12.8. The van der Waals surface area contributed by atoms with Crippen molar-refractivity contribution in [3.05, 3.63) is 60.2 Å². The van der Waals surface area contributed by atoms with E-state index in [1.54, 1.807) is 19.3 Å². The number of aromatic nitrogens is 2. The van der Waals surface area contributed by atoms with Gasteiger partial charge in [0.1, 0.15) is 11.6 Å². The molecule has 1 aromatic carbocycles. The molecule has 0 radical (unpaired) electrons. The van der Waals surface area contributed by atoms with E-state index in [4.69, 9.17) is 0 Å². The zero-order valence-corrected chi connectivity index (χ0v) is 10.3. The zero-order valence-electron chi connectivity index (χ0n) is 10.3. The molecule has 92 valence electrons. The minimum Gasteiger partial charge on any atom is -0.348 e. The number of carbonyl (C=O) groups is 1. The molecular formula is C15H16N2O. The van der Waals surface area contributed by atoms with E-state index in [-0.39, 0.29) is 11.7 Å². The second-order valence-electron chi connectivity index (χ2n) is 4.26. The molecule has 1 N–H and O–H groups in total. The van der Waals surface area contributed by atoms with Gasteiger partial charge in [-0.1, -0.05) is 42.5 Å². The van der Waals surface area contributed by atoms with Crippen LogP contribution in [0, 0.1) is 0 Å². The summed E-state index contributed by atoms with van der Waals surface area (Å²) in [6.45, 7) is 1.60. The van der Waals surface area contributed by atoms with Crippen LogP contribution in [0.25, 0.3) is 6.08 Å². The quantitative estimate of drug-likeness (QED) is 0.872. The van der Waals surface area contributed by atoms with Crippen molar-refractivity contribution in [2.24, 2.45) is 0 Å². The van der Waals surface area contributed by atoms with Gasteiger partial charge in [0.25, 0.3) is 0 Å². The number of imidazole rings is 1. The van der Waals surface area contributed by atoms with Crippen LogP contribution in [-0.2, 0) is 4.79 Å². The lowest BCUT2D eigenvalue weighted by atomic mass is 10.0. The van der Waals surface area contributed by atoms with Crippen molar-refractivity contribution >= 4 is 11.9 Å². The smallest absolute Gasteiger partial charge is 0.130 e. The number of benzene rings is 1. The molecular weight excluding hydrogens is 224 g/mol. The van der Waals surface area contributed by atoms with E-state index < -0.39 is 0 Å². The summed E-state index contributed by atoms with van der Waals surface area (Å²) < 4.78 is 0. The summed E-state index contributed by atoms with van der Waals surface area (Å²) in [7, 11) is 0. The third kappa shape index (κ3) is 3.42. The fraction of sp³-hybridized carbons (Fsp3) is 0.200. The molecule has 1 atom stereocenters. The topological polar surface area (TPSA) is 45.8 Å². The van der Waals surface area contributed by atoms with Crippen LogP contribution in [0.5, 0.6) is 0 Å². The number of rotatable bonds is 5. The van der Waals surface area contributed by atoms with Crippen LogP contribution < -0.4 is 0 Å². The predicted octanol–water partition coefficient (Wildman–Crippen LogP) is 3.19. The number of H-pyrrole nitrogens is 1.